The molecular formula is C17H21N3O4S. The van der Waals surface area contributed by atoms with Crippen molar-refractivity contribution >= 4 is 15.9 Å². The Labute approximate surface area is 147 Å². The number of carbonyl (C=O) groups is 1. The number of hydrogen-bond acceptors (Lipinski definition) is 5. The van der Waals surface area contributed by atoms with Gasteiger partial charge in [0, 0.05) is 30.4 Å². The van der Waals surface area contributed by atoms with Gasteiger partial charge in [-0.2, -0.15) is 0 Å². The van der Waals surface area contributed by atoms with E-state index < -0.39 is 10.0 Å². The second-order valence-corrected chi connectivity index (χ2v) is 7.40. The highest BCUT2D eigenvalue weighted by molar-refractivity contribution is 7.89. The Kier molecular flexibility index (Phi) is 6.11. The van der Waals surface area contributed by atoms with E-state index in [9.17, 15) is 13.2 Å². The number of amides is 1. The molecule has 0 radical (unpaired) electrons. The third-order valence-corrected chi connectivity index (χ3v) is 4.95. The predicted octanol–water partition coefficient (Wildman–Crippen LogP) is 1.71. The van der Waals surface area contributed by atoms with Crippen molar-refractivity contribution in [1.29, 1.82) is 0 Å². The van der Waals surface area contributed by atoms with Crippen LogP contribution in [0.15, 0.2) is 47.5 Å². The number of hydrogen-bond donors (Lipinski definition) is 2. The second kappa shape index (κ2) is 8.09. The van der Waals surface area contributed by atoms with Crippen molar-refractivity contribution in [2.45, 2.75) is 31.3 Å². The number of benzene rings is 1. The molecule has 0 aliphatic rings. The van der Waals surface area contributed by atoms with Crippen molar-refractivity contribution < 1.29 is 17.9 Å². The van der Waals surface area contributed by atoms with Crippen LogP contribution in [-0.4, -0.2) is 32.5 Å². The van der Waals surface area contributed by atoms with Crippen molar-refractivity contribution in [3.8, 4) is 5.88 Å². The van der Waals surface area contributed by atoms with E-state index in [1.807, 2.05) is 0 Å². The molecule has 1 heterocycles. The lowest BCUT2D eigenvalue weighted by atomic mass is 10.2. The molecule has 0 fully saturated rings. The Morgan fingerprint density at radius 1 is 1.20 bits per heavy atom. The third kappa shape index (κ3) is 5.27. The fraction of sp³-hybridized carbons (Fsp3) is 0.294. The van der Waals surface area contributed by atoms with Crippen LogP contribution in [0.5, 0.6) is 5.88 Å². The minimum atomic E-state index is -3.57. The first-order valence-electron chi connectivity index (χ1n) is 7.71. The zero-order valence-corrected chi connectivity index (χ0v) is 15.1. The summed E-state index contributed by atoms with van der Waals surface area (Å²) in [5.74, 6) is 0.176. The van der Waals surface area contributed by atoms with Crippen LogP contribution in [0.1, 0.15) is 29.8 Å². The van der Waals surface area contributed by atoms with Crippen molar-refractivity contribution in [1.82, 2.24) is 15.0 Å². The van der Waals surface area contributed by atoms with Crippen LogP contribution in [0.3, 0.4) is 0 Å². The van der Waals surface area contributed by atoms with Crippen molar-refractivity contribution in [2.75, 3.05) is 7.11 Å². The van der Waals surface area contributed by atoms with Gasteiger partial charge >= 0.3 is 0 Å². The predicted molar refractivity (Wildman–Crippen MR) is 93.9 cm³/mol. The van der Waals surface area contributed by atoms with Crippen LogP contribution in [0.4, 0.5) is 0 Å². The van der Waals surface area contributed by atoms with E-state index >= 15 is 0 Å². The standard InChI is InChI=1S/C17H21N3O4S/c1-12(2)20-25(22,23)15-6-4-14(5-7-15)17(21)19-11-13-8-9-18-16(10-13)24-3/h4-10,12,20H,11H2,1-3H3,(H,19,21). The number of sulfonamides is 1. The summed E-state index contributed by atoms with van der Waals surface area (Å²) in [7, 11) is -2.05. The van der Waals surface area contributed by atoms with Crippen LogP contribution in [0.2, 0.25) is 0 Å². The monoisotopic (exact) mass is 363 g/mol. The first kappa shape index (κ1) is 18.9. The number of aromatic nitrogens is 1. The summed E-state index contributed by atoms with van der Waals surface area (Å²) >= 11 is 0. The van der Waals surface area contributed by atoms with E-state index in [2.05, 4.69) is 15.0 Å². The average Bonchev–Trinajstić information content (AvgIpc) is 2.59. The van der Waals surface area contributed by atoms with Gasteiger partial charge in [-0.1, -0.05) is 0 Å². The number of rotatable bonds is 7. The summed E-state index contributed by atoms with van der Waals surface area (Å²) in [6.45, 7) is 3.80. The lowest BCUT2D eigenvalue weighted by Gasteiger charge is -2.10. The highest BCUT2D eigenvalue weighted by Gasteiger charge is 2.16. The summed E-state index contributed by atoms with van der Waals surface area (Å²) < 4.78 is 31.7. The molecule has 134 valence electrons. The Hall–Kier alpha value is -2.45. The van der Waals surface area contributed by atoms with Gasteiger partial charge in [-0.15, -0.1) is 0 Å². The first-order chi connectivity index (χ1) is 11.8. The van der Waals surface area contributed by atoms with Gasteiger partial charge in [0.1, 0.15) is 0 Å². The third-order valence-electron chi connectivity index (χ3n) is 3.28. The van der Waals surface area contributed by atoms with Gasteiger partial charge in [-0.05, 0) is 49.7 Å². The Morgan fingerprint density at radius 3 is 2.48 bits per heavy atom. The van der Waals surface area contributed by atoms with E-state index in [0.717, 1.165) is 5.56 Å². The molecule has 8 heteroatoms. The van der Waals surface area contributed by atoms with Crippen LogP contribution >= 0.6 is 0 Å². The smallest absolute Gasteiger partial charge is 0.251 e. The average molecular weight is 363 g/mol. The molecule has 1 aromatic carbocycles. The molecule has 25 heavy (non-hydrogen) atoms. The molecule has 0 spiro atoms. The van der Waals surface area contributed by atoms with Crippen LogP contribution in [-0.2, 0) is 16.6 Å². The number of pyridine rings is 1. The van der Waals surface area contributed by atoms with Crippen molar-refractivity contribution in [2.24, 2.45) is 0 Å². The quantitative estimate of drug-likeness (QED) is 0.780. The fourth-order valence-corrected chi connectivity index (χ4v) is 3.37. The van der Waals surface area contributed by atoms with E-state index in [1.165, 1.54) is 31.4 Å². The van der Waals surface area contributed by atoms with Crippen molar-refractivity contribution in [3.63, 3.8) is 0 Å². The molecule has 1 aromatic heterocycles. The van der Waals surface area contributed by atoms with Crippen molar-refractivity contribution in [3.05, 3.63) is 53.7 Å². The highest BCUT2D eigenvalue weighted by atomic mass is 32.2. The Balaban J connectivity index is 2.03. The summed E-state index contributed by atoms with van der Waals surface area (Å²) in [6.07, 6.45) is 1.60. The summed E-state index contributed by atoms with van der Waals surface area (Å²) in [5, 5.41) is 2.77. The largest absolute Gasteiger partial charge is 0.481 e. The molecule has 0 bridgehead atoms. The van der Waals surface area contributed by atoms with Gasteiger partial charge < -0.3 is 10.1 Å². The fourth-order valence-electron chi connectivity index (χ4n) is 2.12. The van der Waals surface area contributed by atoms with Crippen LogP contribution < -0.4 is 14.8 Å². The highest BCUT2D eigenvalue weighted by Crippen LogP contribution is 2.12. The number of nitrogens with one attached hydrogen (secondary N) is 2. The molecule has 2 aromatic rings. The lowest BCUT2D eigenvalue weighted by Crippen LogP contribution is -2.30. The summed E-state index contributed by atoms with van der Waals surface area (Å²) in [4.78, 5) is 16.3. The van der Waals surface area contributed by atoms with E-state index in [-0.39, 0.29) is 16.8 Å². The van der Waals surface area contributed by atoms with Gasteiger partial charge in [-0.25, -0.2) is 18.1 Å². The van der Waals surface area contributed by atoms with Crippen LogP contribution in [0.25, 0.3) is 0 Å². The normalized spacial score (nSPS) is 11.4. The lowest BCUT2D eigenvalue weighted by molar-refractivity contribution is 0.0950. The topological polar surface area (TPSA) is 97.4 Å². The van der Waals surface area contributed by atoms with E-state index in [0.29, 0.717) is 18.0 Å². The summed E-state index contributed by atoms with van der Waals surface area (Å²) in [5.41, 5.74) is 1.23. The molecule has 0 saturated heterocycles. The molecule has 0 aliphatic heterocycles. The zero-order valence-electron chi connectivity index (χ0n) is 14.3. The Morgan fingerprint density at radius 2 is 1.88 bits per heavy atom. The van der Waals surface area contributed by atoms with Gasteiger partial charge in [-0.3, -0.25) is 4.79 Å². The molecule has 2 rings (SSSR count). The molecule has 7 nitrogen and oxygen atoms in total. The minimum Gasteiger partial charge on any atom is -0.481 e. The molecule has 1 amide bonds. The molecular weight excluding hydrogens is 342 g/mol. The van der Waals surface area contributed by atoms with Gasteiger partial charge in [0.15, 0.2) is 0 Å². The zero-order chi connectivity index (χ0) is 18.4. The van der Waals surface area contributed by atoms with Gasteiger partial charge in [0.25, 0.3) is 5.91 Å². The Bertz CT molecular complexity index is 833. The molecule has 0 saturated carbocycles. The van der Waals surface area contributed by atoms with E-state index in [4.69, 9.17) is 4.74 Å². The van der Waals surface area contributed by atoms with Crippen LogP contribution in [0, 0.1) is 0 Å². The molecule has 2 N–H and O–H groups in total. The molecule has 0 aliphatic carbocycles. The number of carbonyl (C=O) groups excluding carboxylic acids is 1. The van der Waals surface area contributed by atoms with Gasteiger partial charge in [0.05, 0.1) is 12.0 Å². The first-order valence-corrected chi connectivity index (χ1v) is 9.19. The minimum absolute atomic E-state index is 0.122. The van der Waals surface area contributed by atoms with E-state index in [1.54, 1.807) is 32.2 Å². The maximum atomic E-state index is 12.2. The molecule has 0 atom stereocenters. The van der Waals surface area contributed by atoms with Gasteiger partial charge in [0.2, 0.25) is 15.9 Å². The SMILES string of the molecule is COc1cc(CNC(=O)c2ccc(S(=O)(=O)NC(C)C)cc2)ccn1. The maximum Gasteiger partial charge on any atom is 0.251 e. The maximum absolute atomic E-state index is 12.2. The molecule has 0 unspecified atom stereocenters. The number of ether oxygens (including phenoxy) is 1. The number of methoxy groups -OCH3 is 1. The second-order valence-electron chi connectivity index (χ2n) is 5.69. The summed E-state index contributed by atoms with van der Waals surface area (Å²) in [6, 6.07) is 9.09. The number of nitrogens with zero attached hydrogens (tertiary/aromatic N) is 1.